The van der Waals surface area contributed by atoms with Crippen molar-refractivity contribution in [2.24, 2.45) is 5.92 Å². The Morgan fingerprint density at radius 3 is 2.39 bits per heavy atom. The van der Waals surface area contributed by atoms with Crippen LogP contribution in [0, 0.1) is 12.8 Å². The quantitative estimate of drug-likeness (QED) is 0.465. The zero-order chi connectivity index (χ0) is 22.4. The molecule has 0 spiro atoms. The van der Waals surface area contributed by atoms with Gasteiger partial charge in [0.25, 0.3) is 0 Å². The monoisotopic (exact) mass is 441 g/mol. The molecular formula is C24H27NO5S. The molecule has 1 aromatic heterocycles. The van der Waals surface area contributed by atoms with E-state index < -0.39 is 22.8 Å². The number of aryl methyl sites for hydroxylation is 1. The third-order valence-electron chi connectivity index (χ3n) is 4.95. The van der Waals surface area contributed by atoms with Gasteiger partial charge in [0.05, 0.1) is 47.6 Å². The number of hydrogen-bond acceptors (Lipinski definition) is 6. The van der Waals surface area contributed by atoms with Crippen LogP contribution in [0.25, 0.3) is 0 Å². The molecular weight excluding hydrogens is 414 g/mol. The molecule has 0 saturated heterocycles. The van der Waals surface area contributed by atoms with Gasteiger partial charge in [-0.25, -0.2) is 4.21 Å². The van der Waals surface area contributed by atoms with Crippen molar-refractivity contribution in [1.82, 2.24) is 0 Å². The van der Waals surface area contributed by atoms with Crippen LogP contribution in [0.1, 0.15) is 31.2 Å². The van der Waals surface area contributed by atoms with E-state index in [1.54, 1.807) is 27.0 Å². The minimum absolute atomic E-state index is 0.277. The summed E-state index contributed by atoms with van der Waals surface area (Å²) in [6, 6.07) is 16.0. The summed E-state index contributed by atoms with van der Waals surface area (Å²) in [6.07, 6.45) is 1.50. The van der Waals surface area contributed by atoms with E-state index in [4.69, 9.17) is 13.9 Å². The maximum Gasteiger partial charge on any atom is 0.311 e. The summed E-state index contributed by atoms with van der Waals surface area (Å²) < 4.78 is 29.5. The number of carbonyl (C=O) groups excluding carboxylic acids is 1. The van der Waals surface area contributed by atoms with Gasteiger partial charge in [-0.1, -0.05) is 17.7 Å². The van der Waals surface area contributed by atoms with Crippen LogP contribution < -0.4 is 10.1 Å². The van der Waals surface area contributed by atoms with Crippen molar-refractivity contribution in [3.8, 4) is 5.75 Å². The van der Waals surface area contributed by atoms with Gasteiger partial charge in [-0.05, 0) is 63.2 Å². The minimum atomic E-state index is -1.46. The number of carbonyl (C=O) groups is 1. The molecule has 0 fully saturated rings. The SMILES string of the molecule is CCOC(=O)[C@@H](C)[C@H](Nc1ccc(OC)cc1)c1occc1[S@@](=O)c1ccc(C)cc1. The lowest BCUT2D eigenvalue weighted by molar-refractivity contribution is -0.148. The maximum absolute atomic E-state index is 13.3. The second-order valence-corrected chi connectivity index (χ2v) is 8.57. The molecule has 1 heterocycles. The summed E-state index contributed by atoms with van der Waals surface area (Å²) >= 11 is 0. The molecule has 1 N–H and O–H groups in total. The van der Waals surface area contributed by atoms with E-state index in [0.717, 1.165) is 17.0 Å². The predicted octanol–water partition coefficient (Wildman–Crippen LogP) is 5.12. The Hall–Kier alpha value is -3.06. The summed E-state index contributed by atoms with van der Waals surface area (Å²) in [5.41, 5.74) is 1.86. The lowest BCUT2D eigenvalue weighted by Gasteiger charge is -2.24. The fraction of sp³-hybridized carbons (Fsp3) is 0.292. The van der Waals surface area contributed by atoms with Gasteiger partial charge >= 0.3 is 5.97 Å². The molecule has 3 atom stereocenters. The first-order chi connectivity index (χ1) is 14.9. The molecule has 3 aromatic rings. The van der Waals surface area contributed by atoms with Gasteiger partial charge in [0.15, 0.2) is 0 Å². The van der Waals surface area contributed by atoms with Crippen molar-refractivity contribution >= 4 is 22.5 Å². The van der Waals surface area contributed by atoms with Crippen LogP contribution in [0.5, 0.6) is 5.75 Å². The highest BCUT2D eigenvalue weighted by Crippen LogP contribution is 2.34. The highest BCUT2D eigenvalue weighted by atomic mass is 32.2. The van der Waals surface area contributed by atoms with Gasteiger partial charge < -0.3 is 19.2 Å². The van der Waals surface area contributed by atoms with Gasteiger partial charge in [-0.2, -0.15) is 0 Å². The Labute approximate surface area is 185 Å². The minimum Gasteiger partial charge on any atom is -0.497 e. The molecule has 0 saturated carbocycles. The van der Waals surface area contributed by atoms with Crippen LogP contribution in [-0.4, -0.2) is 23.9 Å². The Morgan fingerprint density at radius 2 is 1.77 bits per heavy atom. The lowest BCUT2D eigenvalue weighted by atomic mass is 9.99. The van der Waals surface area contributed by atoms with Crippen LogP contribution in [-0.2, 0) is 20.3 Å². The molecule has 0 radical (unpaired) electrons. The Bertz CT molecular complexity index is 1030. The largest absolute Gasteiger partial charge is 0.497 e. The number of nitrogens with one attached hydrogen (secondary N) is 1. The fourth-order valence-corrected chi connectivity index (χ4v) is 4.35. The number of benzene rings is 2. The molecule has 0 bridgehead atoms. The smallest absolute Gasteiger partial charge is 0.311 e. The van der Waals surface area contributed by atoms with Gasteiger partial charge in [-0.3, -0.25) is 4.79 Å². The molecule has 164 valence electrons. The molecule has 3 rings (SSSR count). The molecule has 31 heavy (non-hydrogen) atoms. The van der Waals surface area contributed by atoms with Crippen LogP contribution in [0.4, 0.5) is 5.69 Å². The van der Waals surface area contributed by atoms with Crippen molar-refractivity contribution in [2.45, 2.75) is 36.6 Å². The average Bonchev–Trinajstić information content (AvgIpc) is 3.27. The van der Waals surface area contributed by atoms with Crippen LogP contribution >= 0.6 is 0 Å². The number of ether oxygens (including phenoxy) is 2. The topological polar surface area (TPSA) is 77.8 Å². The first-order valence-electron chi connectivity index (χ1n) is 10.1. The van der Waals surface area contributed by atoms with Crippen molar-refractivity contribution in [1.29, 1.82) is 0 Å². The number of esters is 1. The van der Waals surface area contributed by atoms with E-state index in [1.165, 1.54) is 6.26 Å². The molecule has 0 unspecified atom stereocenters. The zero-order valence-corrected chi connectivity index (χ0v) is 18.9. The first kappa shape index (κ1) is 22.6. The number of anilines is 1. The molecule has 0 aliphatic carbocycles. The van der Waals surface area contributed by atoms with Gasteiger partial charge in [0.1, 0.15) is 11.5 Å². The van der Waals surface area contributed by atoms with Crippen molar-refractivity contribution in [3.05, 3.63) is 72.2 Å². The van der Waals surface area contributed by atoms with E-state index >= 15 is 0 Å². The number of hydrogen-bond donors (Lipinski definition) is 1. The van der Waals surface area contributed by atoms with Crippen molar-refractivity contribution in [2.75, 3.05) is 19.0 Å². The second kappa shape index (κ2) is 10.3. The summed E-state index contributed by atoms with van der Waals surface area (Å²) in [6.45, 7) is 5.78. The summed E-state index contributed by atoms with van der Waals surface area (Å²) in [5, 5.41) is 3.34. The third kappa shape index (κ3) is 5.35. The Balaban J connectivity index is 1.97. The Kier molecular flexibility index (Phi) is 7.52. The van der Waals surface area contributed by atoms with E-state index in [-0.39, 0.29) is 12.6 Å². The number of methoxy groups -OCH3 is 1. The molecule has 0 amide bonds. The van der Waals surface area contributed by atoms with Crippen molar-refractivity contribution in [3.63, 3.8) is 0 Å². The highest BCUT2D eigenvalue weighted by molar-refractivity contribution is 7.85. The fourth-order valence-electron chi connectivity index (χ4n) is 3.17. The Morgan fingerprint density at radius 1 is 1.10 bits per heavy atom. The summed E-state index contributed by atoms with van der Waals surface area (Å²) in [5.74, 6) is 0.217. The van der Waals surface area contributed by atoms with Gasteiger partial charge in [0.2, 0.25) is 0 Å². The second-order valence-electron chi connectivity index (χ2n) is 7.12. The third-order valence-corrected chi connectivity index (χ3v) is 6.38. The van der Waals surface area contributed by atoms with E-state index in [9.17, 15) is 9.00 Å². The first-order valence-corrected chi connectivity index (χ1v) is 11.2. The molecule has 7 heteroatoms. The van der Waals surface area contributed by atoms with E-state index in [1.807, 2.05) is 55.5 Å². The van der Waals surface area contributed by atoms with Crippen LogP contribution in [0.3, 0.4) is 0 Å². The van der Waals surface area contributed by atoms with E-state index in [0.29, 0.717) is 15.6 Å². The summed E-state index contributed by atoms with van der Waals surface area (Å²) in [4.78, 5) is 13.7. The van der Waals surface area contributed by atoms with Crippen molar-refractivity contribution < 1.29 is 22.9 Å². The van der Waals surface area contributed by atoms with Gasteiger partial charge in [-0.15, -0.1) is 0 Å². The number of rotatable bonds is 9. The maximum atomic E-state index is 13.3. The average molecular weight is 442 g/mol. The standard InChI is InChI=1S/C24H27NO5S/c1-5-29-24(26)17(3)22(25-18-8-10-19(28-4)11-9-18)23-21(14-15-30-23)31(27)20-12-6-16(2)7-13-20/h6-15,17,22,25H,5H2,1-4H3/t17-,22-,31-/m0/s1. The molecule has 0 aliphatic heterocycles. The molecule has 6 nitrogen and oxygen atoms in total. The van der Waals surface area contributed by atoms with Crippen LogP contribution in [0.2, 0.25) is 0 Å². The van der Waals surface area contributed by atoms with Crippen LogP contribution in [0.15, 0.2) is 75.1 Å². The number of furan rings is 1. The highest BCUT2D eigenvalue weighted by Gasteiger charge is 2.32. The van der Waals surface area contributed by atoms with E-state index in [2.05, 4.69) is 5.32 Å². The molecule has 2 aromatic carbocycles. The zero-order valence-electron chi connectivity index (χ0n) is 18.1. The van der Waals surface area contributed by atoms with Gasteiger partial charge in [0, 0.05) is 10.6 Å². The summed E-state index contributed by atoms with van der Waals surface area (Å²) in [7, 11) is 0.142. The lowest BCUT2D eigenvalue weighted by Crippen LogP contribution is -2.27. The predicted molar refractivity (Wildman–Crippen MR) is 120 cm³/mol. The molecule has 0 aliphatic rings. The normalized spacial score (nSPS) is 13.8.